The Balaban J connectivity index is 1.97. The van der Waals surface area contributed by atoms with Crippen molar-refractivity contribution in [3.63, 3.8) is 0 Å². The van der Waals surface area contributed by atoms with Gasteiger partial charge in [-0.15, -0.1) is 0 Å². The number of rotatable bonds is 5. The molecule has 0 spiro atoms. The molecule has 0 aromatic heterocycles. The van der Waals surface area contributed by atoms with Crippen molar-refractivity contribution in [2.45, 2.75) is 32.7 Å². The van der Waals surface area contributed by atoms with E-state index in [4.69, 9.17) is 10.5 Å². The van der Waals surface area contributed by atoms with Crippen molar-refractivity contribution >= 4 is 0 Å². The van der Waals surface area contributed by atoms with Crippen LogP contribution in [0.3, 0.4) is 0 Å². The third kappa shape index (κ3) is 3.84. The summed E-state index contributed by atoms with van der Waals surface area (Å²) in [6.07, 6.45) is 1.80. The fourth-order valence-electron chi connectivity index (χ4n) is 2.37. The first-order valence-corrected chi connectivity index (χ1v) is 7.03. The van der Waals surface area contributed by atoms with Gasteiger partial charge in [-0.2, -0.15) is 0 Å². The molecular formula is C18H23NO. The first-order valence-electron chi connectivity index (χ1n) is 7.03. The van der Waals surface area contributed by atoms with E-state index in [1.807, 2.05) is 12.1 Å². The van der Waals surface area contributed by atoms with Crippen LogP contribution in [-0.2, 0) is 12.8 Å². The molecule has 2 aromatic rings. The minimum Gasteiger partial charge on any atom is -0.497 e. The van der Waals surface area contributed by atoms with Crippen LogP contribution in [0.4, 0.5) is 0 Å². The summed E-state index contributed by atoms with van der Waals surface area (Å²) in [4.78, 5) is 0. The van der Waals surface area contributed by atoms with Gasteiger partial charge in [0, 0.05) is 6.04 Å². The number of ether oxygens (including phenoxy) is 1. The molecule has 1 unspecified atom stereocenters. The van der Waals surface area contributed by atoms with Gasteiger partial charge in [-0.25, -0.2) is 0 Å². The lowest BCUT2D eigenvalue weighted by atomic mass is 9.97. The summed E-state index contributed by atoms with van der Waals surface area (Å²) in [5, 5.41) is 0. The van der Waals surface area contributed by atoms with Crippen LogP contribution in [0.1, 0.15) is 22.3 Å². The van der Waals surface area contributed by atoms with Gasteiger partial charge in [0.2, 0.25) is 0 Å². The van der Waals surface area contributed by atoms with E-state index in [0.29, 0.717) is 0 Å². The Hall–Kier alpha value is -1.80. The highest BCUT2D eigenvalue weighted by molar-refractivity contribution is 5.31. The second kappa shape index (κ2) is 6.58. The van der Waals surface area contributed by atoms with Crippen LogP contribution in [0.25, 0.3) is 0 Å². The van der Waals surface area contributed by atoms with Gasteiger partial charge in [0.25, 0.3) is 0 Å². The highest BCUT2D eigenvalue weighted by Crippen LogP contribution is 2.15. The molecule has 0 amide bonds. The molecule has 0 fully saturated rings. The predicted octanol–water partition coefficient (Wildman–Crippen LogP) is 3.42. The third-order valence-corrected chi connectivity index (χ3v) is 3.73. The Morgan fingerprint density at radius 2 is 1.50 bits per heavy atom. The number of methoxy groups -OCH3 is 1. The maximum absolute atomic E-state index is 6.27. The Morgan fingerprint density at radius 1 is 0.900 bits per heavy atom. The average molecular weight is 269 g/mol. The van der Waals surface area contributed by atoms with E-state index in [2.05, 4.69) is 44.2 Å². The van der Waals surface area contributed by atoms with Crippen LogP contribution >= 0.6 is 0 Å². The van der Waals surface area contributed by atoms with Crippen LogP contribution < -0.4 is 10.5 Å². The van der Waals surface area contributed by atoms with Gasteiger partial charge in [-0.1, -0.05) is 30.3 Å². The zero-order chi connectivity index (χ0) is 14.5. The van der Waals surface area contributed by atoms with Gasteiger partial charge in [-0.05, 0) is 61.1 Å². The van der Waals surface area contributed by atoms with Crippen LogP contribution in [0, 0.1) is 13.8 Å². The number of aryl methyl sites for hydroxylation is 2. The van der Waals surface area contributed by atoms with E-state index in [9.17, 15) is 0 Å². The summed E-state index contributed by atoms with van der Waals surface area (Å²) >= 11 is 0. The maximum Gasteiger partial charge on any atom is 0.118 e. The lowest BCUT2D eigenvalue weighted by molar-refractivity contribution is 0.414. The molecule has 0 aliphatic heterocycles. The summed E-state index contributed by atoms with van der Waals surface area (Å²) < 4.78 is 5.16. The van der Waals surface area contributed by atoms with Crippen molar-refractivity contribution in [2.24, 2.45) is 5.73 Å². The van der Waals surface area contributed by atoms with E-state index >= 15 is 0 Å². The van der Waals surface area contributed by atoms with Gasteiger partial charge < -0.3 is 10.5 Å². The predicted molar refractivity (Wildman–Crippen MR) is 84.3 cm³/mol. The van der Waals surface area contributed by atoms with Crippen molar-refractivity contribution in [3.05, 3.63) is 64.7 Å². The van der Waals surface area contributed by atoms with E-state index < -0.39 is 0 Å². The van der Waals surface area contributed by atoms with Gasteiger partial charge in [-0.3, -0.25) is 0 Å². The number of hydrogen-bond acceptors (Lipinski definition) is 2. The van der Waals surface area contributed by atoms with Crippen LogP contribution in [-0.4, -0.2) is 13.2 Å². The smallest absolute Gasteiger partial charge is 0.118 e. The molecule has 2 aromatic carbocycles. The molecule has 2 heteroatoms. The Bertz CT molecular complexity index is 560. The van der Waals surface area contributed by atoms with Crippen LogP contribution in [0.2, 0.25) is 0 Å². The largest absolute Gasteiger partial charge is 0.497 e. The minimum atomic E-state index is 0.144. The molecule has 1 atom stereocenters. The summed E-state index contributed by atoms with van der Waals surface area (Å²) in [7, 11) is 1.68. The molecule has 2 nitrogen and oxygen atoms in total. The van der Waals surface area contributed by atoms with Crippen molar-refractivity contribution in [2.75, 3.05) is 7.11 Å². The van der Waals surface area contributed by atoms with Crippen LogP contribution in [0.5, 0.6) is 5.75 Å². The van der Waals surface area contributed by atoms with Crippen molar-refractivity contribution < 1.29 is 4.74 Å². The summed E-state index contributed by atoms with van der Waals surface area (Å²) in [5.41, 5.74) is 11.5. The van der Waals surface area contributed by atoms with E-state index in [1.165, 1.54) is 22.3 Å². The second-order valence-corrected chi connectivity index (χ2v) is 5.44. The van der Waals surface area contributed by atoms with Gasteiger partial charge in [0.05, 0.1) is 7.11 Å². The Labute approximate surface area is 121 Å². The van der Waals surface area contributed by atoms with E-state index in [0.717, 1.165) is 18.6 Å². The first kappa shape index (κ1) is 14.6. The fourth-order valence-corrected chi connectivity index (χ4v) is 2.37. The third-order valence-electron chi connectivity index (χ3n) is 3.73. The molecule has 0 saturated carbocycles. The summed E-state index contributed by atoms with van der Waals surface area (Å²) in [6.45, 7) is 4.28. The molecule has 0 heterocycles. The molecule has 0 bridgehead atoms. The molecule has 0 aliphatic rings. The highest BCUT2D eigenvalue weighted by Gasteiger charge is 2.06. The topological polar surface area (TPSA) is 35.2 Å². The van der Waals surface area contributed by atoms with Crippen LogP contribution in [0.15, 0.2) is 42.5 Å². The normalized spacial score (nSPS) is 12.2. The quantitative estimate of drug-likeness (QED) is 0.902. The standard InChI is InChI=1S/C18H23NO/c1-13-4-5-16(10-14(13)2)12-17(19)11-15-6-8-18(20-3)9-7-15/h4-10,17H,11-12,19H2,1-3H3. The van der Waals surface area contributed by atoms with E-state index in [1.54, 1.807) is 7.11 Å². The number of nitrogens with two attached hydrogens (primary N) is 1. The molecule has 2 rings (SSSR count). The SMILES string of the molecule is COc1ccc(CC(N)Cc2ccc(C)c(C)c2)cc1. The van der Waals surface area contributed by atoms with Gasteiger partial charge in [0.1, 0.15) is 5.75 Å². The lowest BCUT2D eigenvalue weighted by Gasteiger charge is -2.13. The molecular weight excluding hydrogens is 246 g/mol. The number of benzene rings is 2. The molecule has 0 aliphatic carbocycles. The molecule has 106 valence electrons. The van der Waals surface area contributed by atoms with E-state index in [-0.39, 0.29) is 6.04 Å². The highest BCUT2D eigenvalue weighted by atomic mass is 16.5. The second-order valence-electron chi connectivity index (χ2n) is 5.44. The lowest BCUT2D eigenvalue weighted by Crippen LogP contribution is -2.25. The number of hydrogen-bond donors (Lipinski definition) is 1. The average Bonchev–Trinajstić information content (AvgIpc) is 2.44. The first-order chi connectivity index (χ1) is 9.58. The molecule has 0 saturated heterocycles. The zero-order valence-corrected chi connectivity index (χ0v) is 12.5. The van der Waals surface area contributed by atoms with Gasteiger partial charge >= 0.3 is 0 Å². The molecule has 0 radical (unpaired) electrons. The monoisotopic (exact) mass is 269 g/mol. The Kier molecular flexibility index (Phi) is 4.80. The van der Waals surface area contributed by atoms with Crippen molar-refractivity contribution in [1.82, 2.24) is 0 Å². The maximum atomic E-state index is 6.27. The molecule has 20 heavy (non-hydrogen) atoms. The van der Waals surface area contributed by atoms with Gasteiger partial charge in [0.15, 0.2) is 0 Å². The summed E-state index contributed by atoms with van der Waals surface area (Å²) in [5.74, 6) is 0.886. The van der Waals surface area contributed by atoms with Crippen molar-refractivity contribution in [3.8, 4) is 5.75 Å². The summed E-state index contributed by atoms with van der Waals surface area (Å²) in [6, 6.07) is 14.9. The Morgan fingerprint density at radius 3 is 2.10 bits per heavy atom. The minimum absolute atomic E-state index is 0.144. The zero-order valence-electron chi connectivity index (χ0n) is 12.5. The fraction of sp³-hybridized carbons (Fsp3) is 0.333. The molecule has 2 N–H and O–H groups in total. The van der Waals surface area contributed by atoms with Crippen molar-refractivity contribution in [1.29, 1.82) is 0 Å².